The van der Waals surface area contributed by atoms with Crippen molar-refractivity contribution in [2.75, 3.05) is 0 Å². The Morgan fingerprint density at radius 1 is 0.900 bits per heavy atom. The largest absolute Gasteiger partial charge is 1.00 e. The molecule has 0 heterocycles. The first-order valence-corrected chi connectivity index (χ1v) is 4.29. The Balaban J connectivity index is -0.000000116. The third-order valence-corrected chi connectivity index (χ3v) is 1.29. The molecule has 0 spiro atoms. The van der Waals surface area contributed by atoms with Gasteiger partial charge in [-0.1, -0.05) is 0 Å². The van der Waals surface area contributed by atoms with E-state index >= 15 is 0 Å². The summed E-state index contributed by atoms with van der Waals surface area (Å²) in [4.78, 5) is 38.5. The molecule has 2 unspecified atom stereocenters. The van der Waals surface area contributed by atoms with Crippen molar-refractivity contribution in [3.63, 3.8) is 0 Å². The molecule has 0 aliphatic rings. The number of carboxylic acid groups (broad SMARTS) is 4. The normalized spacial score (nSPS) is 11.3. The number of carboxylic acids is 4. The molecule has 0 radical (unpaired) electrons. The number of hydrogen-bond donors (Lipinski definition) is 4. The van der Waals surface area contributed by atoms with Crippen LogP contribution in [-0.2, 0) is 19.2 Å². The zero-order valence-corrected chi connectivity index (χ0v) is 15.9. The van der Waals surface area contributed by atoms with E-state index in [0.717, 1.165) is 0 Å². The second-order valence-corrected chi connectivity index (χ2v) is 2.86. The first kappa shape index (κ1) is 28.6. The summed E-state index contributed by atoms with van der Waals surface area (Å²) in [7, 11) is 0. The van der Waals surface area contributed by atoms with Gasteiger partial charge in [0, 0.05) is 12.4 Å². The van der Waals surface area contributed by atoms with Gasteiger partial charge in [0.25, 0.3) is 0 Å². The van der Waals surface area contributed by atoms with E-state index in [4.69, 9.17) is 20.4 Å². The molecule has 0 aromatic heterocycles. The zero-order valence-electron chi connectivity index (χ0n) is 10.8. The van der Waals surface area contributed by atoms with Crippen LogP contribution < -0.4 is 91.2 Å². The smallest absolute Gasteiger partial charge is 0.550 e. The van der Waals surface area contributed by atoms with Crippen molar-refractivity contribution < 1.29 is 131 Å². The number of aliphatic hydroxyl groups is 2. The molecule has 0 amide bonds. The molecule has 0 aromatic rings. The standard InChI is InChI=1S/2C4H6O5.K.Na/c2*5-2(4(8)9)1-3(6)7;;/h2*2,5H,1H2,(H,6,7)(H,8,9);;/q;;2*+1/p-2. The molecule has 0 fully saturated rings. The summed E-state index contributed by atoms with van der Waals surface area (Å²) in [5.74, 6) is -6.27. The first-order valence-electron chi connectivity index (χ1n) is 4.29. The van der Waals surface area contributed by atoms with Gasteiger partial charge >= 0.3 is 92.9 Å². The summed E-state index contributed by atoms with van der Waals surface area (Å²) >= 11 is 0. The van der Waals surface area contributed by atoms with Gasteiger partial charge in [-0.2, -0.15) is 0 Å². The summed E-state index contributed by atoms with van der Waals surface area (Å²) in [6.45, 7) is 0. The van der Waals surface area contributed by atoms with Gasteiger partial charge in [0.05, 0.1) is 18.5 Å². The molecule has 10 nitrogen and oxygen atoms in total. The van der Waals surface area contributed by atoms with E-state index in [9.17, 15) is 29.4 Å². The van der Waals surface area contributed by atoms with Gasteiger partial charge in [0.1, 0.15) is 0 Å². The van der Waals surface area contributed by atoms with Crippen LogP contribution in [-0.4, -0.2) is 56.5 Å². The molecule has 0 rings (SSSR count). The minimum Gasteiger partial charge on any atom is -0.550 e. The van der Waals surface area contributed by atoms with Gasteiger partial charge in [-0.25, -0.2) is 4.79 Å². The zero-order chi connectivity index (χ0) is 14.9. The van der Waals surface area contributed by atoms with E-state index in [2.05, 4.69) is 0 Å². The molecular weight excluding hydrogens is 318 g/mol. The SMILES string of the molecule is O=C(O)CC(O)C(=O)O.O=C([O-])CC(O)C(=O)[O-].[K+].[Na+]. The number of rotatable bonds is 6. The molecule has 12 heteroatoms. The average molecular weight is 328 g/mol. The van der Waals surface area contributed by atoms with Gasteiger partial charge in [-0.05, 0) is 0 Å². The second-order valence-electron chi connectivity index (χ2n) is 2.86. The molecule has 0 aromatic carbocycles. The number of carbonyl (C=O) groups excluding carboxylic acids is 2. The minimum atomic E-state index is -1.96. The summed E-state index contributed by atoms with van der Waals surface area (Å²) in [6.07, 6.45) is -5.44. The monoisotopic (exact) mass is 328 g/mol. The fraction of sp³-hybridized carbons (Fsp3) is 0.500. The summed E-state index contributed by atoms with van der Waals surface area (Å²) in [5.41, 5.74) is 0. The number of aliphatic carboxylic acids is 4. The second kappa shape index (κ2) is 15.8. The first-order chi connectivity index (χ1) is 8.07. The predicted octanol–water partition coefficient (Wildman–Crippen LogP) is -10.8. The Morgan fingerprint density at radius 2 is 1.30 bits per heavy atom. The quantitative estimate of drug-likeness (QED) is 0.340. The molecule has 0 aliphatic carbocycles. The van der Waals surface area contributed by atoms with Gasteiger partial charge < -0.3 is 40.2 Å². The molecule has 0 saturated heterocycles. The molecular formula is C8H10KNaO10. The number of carbonyl (C=O) groups is 4. The fourth-order valence-electron chi connectivity index (χ4n) is 0.494. The maximum absolute atomic E-state index is 9.72. The van der Waals surface area contributed by atoms with Crippen molar-refractivity contribution in [2.45, 2.75) is 25.0 Å². The van der Waals surface area contributed by atoms with Gasteiger partial charge in [-0.3, -0.25) is 4.79 Å². The molecule has 20 heavy (non-hydrogen) atoms. The van der Waals surface area contributed by atoms with E-state index < -0.39 is 48.9 Å². The van der Waals surface area contributed by atoms with Crippen LogP contribution in [0.4, 0.5) is 0 Å². The van der Waals surface area contributed by atoms with Crippen LogP contribution in [0.15, 0.2) is 0 Å². The van der Waals surface area contributed by atoms with Crippen LogP contribution in [0.3, 0.4) is 0 Å². The van der Waals surface area contributed by atoms with Crippen molar-refractivity contribution >= 4 is 23.9 Å². The Labute approximate surface area is 177 Å². The van der Waals surface area contributed by atoms with Gasteiger partial charge in [-0.15, -0.1) is 0 Å². The van der Waals surface area contributed by atoms with Crippen molar-refractivity contribution in [2.24, 2.45) is 0 Å². The van der Waals surface area contributed by atoms with Crippen molar-refractivity contribution in [1.29, 1.82) is 0 Å². The molecule has 104 valence electrons. The Morgan fingerprint density at radius 3 is 1.40 bits per heavy atom. The van der Waals surface area contributed by atoms with E-state index in [1.165, 1.54) is 0 Å². The fourth-order valence-corrected chi connectivity index (χ4v) is 0.494. The Bertz CT molecular complexity index is 301. The van der Waals surface area contributed by atoms with Crippen LogP contribution in [0.1, 0.15) is 12.8 Å². The van der Waals surface area contributed by atoms with Crippen LogP contribution in [0.2, 0.25) is 0 Å². The van der Waals surface area contributed by atoms with Crippen molar-refractivity contribution in [1.82, 2.24) is 0 Å². The van der Waals surface area contributed by atoms with E-state index in [1.54, 1.807) is 0 Å². The van der Waals surface area contributed by atoms with Crippen molar-refractivity contribution in [3.8, 4) is 0 Å². The van der Waals surface area contributed by atoms with E-state index in [-0.39, 0.29) is 80.9 Å². The predicted molar refractivity (Wildman–Crippen MR) is 46.5 cm³/mol. The molecule has 0 aliphatic heterocycles. The summed E-state index contributed by atoms with van der Waals surface area (Å²) < 4.78 is 0. The molecule has 4 N–H and O–H groups in total. The number of aliphatic hydroxyl groups excluding tert-OH is 2. The molecule has 0 saturated carbocycles. The summed E-state index contributed by atoms with van der Waals surface area (Å²) in [6, 6.07) is 0. The van der Waals surface area contributed by atoms with Crippen LogP contribution >= 0.6 is 0 Å². The van der Waals surface area contributed by atoms with E-state index in [1.807, 2.05) is 0 Å². The third kappa shape index (κ3) is 20.7. The van der Waals surface area contributed by atoms with E-state index in [0.29, 0.717) is 0 Å². The van der Waals surface area contributed by atoms with Crippen molar-refractivity contribution in [3.05, 3.63) is 0 Å². The van der Waals surface area contributed by atoms with Crippen LogP contribution in [0.5, 0.6) is 0 Å². The maximum atomic E-state index is 9.72. The Hall–Kier alpha value is 0.436. The third-order valence-electron chi connectivity index (χ3n) is 1.29. The van der Waals surface area contributed by atoms with Crippen LogP contribution in [0, 0.1) is 0 Å². The Kier molecular flexibility index (Phi) is 22.6. The van der Waals surface area contributed by atoms with Crippen LogP contribution in [0.25, 0.3) is 0 Å². The van der Waals surface area contributed by atoms with Gasteiger partial charge in [0.15, 0.2) is 6.10 Å². The number of hydrogen-bond acceptors (Lipinski definition) is 8. The topological polar surface area (TPSA) is 195 Å². The minimum absolute atomic E-state index is 0. The molecule has 2 atom stereocenters. The summed E-state index contributed by atoms with van der Waals surface area (Å²) in [5, 5.41) is 51.5. The average Bonchev–Trinajstić information content (AvgIpc) is 2.16. The molecule has 0 bridgehead atoms. The maximum Gasteiger partial charge on any atom is 1.00 e. The van der Waals surface area contributed by atoms with Gasteiger partial charge in [0.2, 0.25) is 0 Å².